The smallest absolute Gasteiger partial charge is 0.423 e. The molecule has 0 atom stereocenters. The van der Waals surface area contributed by atoms with E-state index in [1.807, 2.05) is 0 Å². The van der Waals surface area contributed by atoms with E-state index in [9.17, 15) is 4.39 Å². The zero-order valence-corrected chi connectivity index (χ0v) is 8.59. The molecule has 0 heterocycles. The average Bonchev–Trinajstić information content (AvgIpc) is 2.02. The third kappa shape index (κ3) is 2.00. The molecule has 0 unspecified atom stereocenters. The van der Waals surface area contributed by atoms with Gasteiger partial charge in [-0.1, -0.05) is 17.7 Å². The lowest BCUT2D eigenvalue weighted by molar-refractivity contribution is 0.423. The lowest BCUT2D eigenvalue weighted by atomic mass is 9.79. The Morgan fingerprint density at radius 3 is 2.36 bits per heavy atom. The molecule has 0 fully saturated rings. The molecule has 0 aliphatic carbocycles. The van der Waals surface area contributed by atoms with E-state index in [4.69, 9.17) is 21.6 Å². The zero-order chi connectivity index (χ0) is 10.9. The van der Waals surface area contributed by atoms with Crippen LogP contribution in [0.3, 0.4) is 0 Å². The third-order valence-corrected chi connectivity index (χ3v) is 2.13. The van der Waals surface area contributed by atoms with Gasteiger partial charge in [0, 0.05) is 19.6 Å². The van der Waals surface area contributed by atoms with Gasteiger partial charge in [-0.3, -0.25) is 0 Å². The van der Waals surface area contributed by atoms with Crippen LogP contribution in [0.15, 0.2) is 12.1 Å². The predicted molar refractivity (Wildman–Crippen MR) is 55.6 cm³/mol. The van der Waals surface area contributed by atoms with Gasteiger partial charge in [0.15, 0.2) is 0 Å². The van der Waals surface area contributed by atoms with Gasteiger partial charge in [0.1, 0.15) is 5.82 Å². The average molecular weight is 217 g/mol. The van der Waals surface area contributed by atoms with Crippen molar-refractivity contribution in [2.24, 2.45) is 0 Å². The van der Waals surface area contributed by atoms with Crippen LogP contribution in [0, 0.1) is 5.82 Å². The summed E-state index contributed by atoms with van der Waals surface area (Å²) in [5.41, 5.74) is -0.0321. The molecule has 0 aliphatic rings. The SMILES string of the molecule is CN(C)c1c(Cl)ccc(B(O)O)c1F. The van der Waals surface area contributed by atoms with Gasteiger partial charge in [-0.15, -0.1) is 0 Å². The summed E-state index contributed by atoms with van der Waals surface area (Å²) in [5, 5.41) is 17.9. The summed E-state index contributed by atoms with van der Waals surface area (Å²) >= 11 is 5.76. The monoisotopic (exact) mass is 217 g/mol. The number of rotatable bonds is 2. The fourth-order valence-corrected chi connectivity index (χ4v) is 1.48. The lowest BCUT2D eigenvalue weighted by Crippen LogP contribution is -2.34. The van der Waals surface area contributed by atoms with Crippen molar-refractivity contribution in [3.63, 3.8) is 0 Å². The standard InChI is InChI=1S/C8H10BClFNO2/c1-12(2)8-6(10)4-3-5(7(8)11)9(13)14/h3-4,13-14H,1-2H3. The molecule has 0 saturated carbocycles. The Morgan fingerprint density at radius 2 is 1.93 bits per heavy atom. The number of nitrogens with zero attached hydrogens (tertiary/aromatic N) is 1. The van der Waals surface area contributed by atoms with Crippen LogP contribution < -0.4 is 10.4 Å². The summed E-state index contributed by atoms with van der Waals surface area (Å²) in [6.45, 7) is 0. The van der Waals surface area contributed by atoms with Crippen molar-refractivity contribution in [3.05, 3.63) is 23.0 Å². The van der Waals surface area contributed by atoms with Crippen LogP contribution in [0.2, 0.25) is 5.02 Å². The molecule has 1 aromatic carbocycles. The molecule has 0 bridgehead atoms. The minimum atomic E-state index is -1.83. The van der Waals surface area contributed by atoms with E-state index < -0.39 is 12.9 Å². The molecular formula is C8H10BClFNO2. The Bertz CT molecular complexity index is 346. The van der Waals surface area contributed by atoms with E-state index >= 15 is 0 Å². The van der Waals surface area contributed by atoms with Crippen molar-refractivity contribution in [2.45, 2.75) is 0 Å². The van der Waals surface area contributed by atoms with Gasteiger partial charge in [-0.05, 0) is 6.07 Å². The molecule has 3 nitrogen and oxygen atoms in total. The third-order valence-electron chi connectivity index (χ3n) is 1.82. The fraction of sp³-hybridized carbons (Fsp3) is 0.250. The maximum absolute atomic E-state index is 13.6. The van der Waals surface area contributed by atoms with E-state index in [1.165, 1.54) is 17.0 Å². The van der Waals surface area contributed by atoms with Gasteiger partial charge in [0.05, 0.1) is 10.7 Å². The Kier molecular flexibility index (Phi) is 3.36. The second-order valence-electron chi connectivity index (χ2n) is 3.07. The highest BCUT2D eigenvalue weighted by Crippen LogP contribution is 2.25. The Balaban J connectivity index is 3.34. The summed E-state index contributed by atoms with van der Waals surface area (Å²) in [5.74, 6) is -0.711. The van der Waals surface area contributed by atoms with Crippen LogP contribution in [0.25, 0.3) is 0 Å². The number of hydrogen-bond donors (Lipinski definition) is 2. The molecule has 0 aliphatic heterocycles. The van der Waals surface area contributed by atoms with Crippen LogP contribution in [0.4, 0.5) is 10.1 Å². The van der Waals surface area contributed by atoms with Gasteiger partial charge in [0.25, 0.3) is 0 Å². The zero-order valence-electron chi connectivity index (χ0n) is 7.83. The van der Waals surface area contributed by atoms with Gasteiger partial charge < -0.3 is 14.9 Å². The molecule has 1 rings (SSSR count). The second kappa shape index (κ2) is 4.17. The summed E-state index contributed by atoms with van der Waals surface area (Å²) in [4.78, 5) is 1.48. The molecule has 0 radical (unpaired) electrons. The Morgan fingerprint density at radius 1 is 1.36 bits per heavy atom. The van der Waals surface area contributed by atoms with Crippen molar-refractivity contribution in [1.29, 1.82) is 0 Å². The van der Waals surface area contributed by atoms with E-state index in [0.29, 0.717) is 0 Å². The van der Waals surface area contributed by atoms with E-state index in [2.05, 4.69) is 0 Å². The molecular weight excluding hydrogens is 207 g/mol. The highest BCUT2D eigenvalue weighted by molar-refractivity contribution is 6.59. The summed E-state index contributed by atoms with van der Waals surface area (Å²) in [6.07, 6.45) is 0. The quantitative estimate of drug-likeness (QED) is 0.697. The maximum atomic E-state index is 13.6. The Labute approximate surface area is 86.9 Å². The summed E-state index contributed by atoms with van der Waals surface area (Å²) < 4.78 is 13.6. The van der Waals surface area contributed by atoms with Crippen molar-refractivity contribution in [1.82, 2.24) is 0 Å². The minimum Gasteiger partial charge on any atom is -0.423 e. The summed E-state index contributed by atoms with van der Waals surface area (Å²) in [6, 6.07) is 2.67. The number of anilines is 1. The topological polar surface area (TPSA) is 43.7 Å². The van der Waals surface area contributed by atoms with Gasteiger partial charge in [0.2, 0.25) is 0 Å². The van der Waals surface area contributed by atoms with Gasteiger partial charge in [-0.2, -0.15) is 0 Å². The molecule has 0 saturated heterocycles. The van der Waals surface area contributed by atoms with Crippen molar-refractivity contribution >= 4 is 29.9 Å². The molecule has 0 amide bonds. The van der Waals surface area contributed by atoms with Crippen LogP contribution >= 0.6 is 11.6 Å². The van der Waals surface area contributed by atoms with E-state index in [1.54, 1.807) is 14.1 Å². The van der Waals surface area contributed by atoms with Crippen molar-refractivity contribution in [2.75, 3.05) is 19.0 Å². The normalized spacial score (nSPS) is 10.1. The molecule has 14 heavy (non-hydrogen) atoms. The molecule has 0 spiro atoms. The number of halogens is 2. The maximum Gasteiger partial charge on any atom is 0.491 e. The van der Waals surface area contributed by atoms with Crippen molar-refractivity contribution in [3.8, 4) is 0 Å². The van der Waals surface area contributed by atoms with Crippen molar-refractivity contribution < 1.29 is 14.4 Å². The first-order valence-electron chi connectivity index (χ1n) is 3.96. The van der Waals surface area contributed by atoms with Gasteiger partial charge >= 0.3 is 7.12 Å². The Hall–Kier alpha value is -0.775. The van der Waals surface area contributed by atoms with Gasteiger partial charge in [-0.25, -0.2) is 4.39 Å². The van der Waals surface area contributed by atoms with Crippen LogP contribution in [-0.2, 0) is 0 Å². The lowest BCUT2D eigenvalue weighted by Gasteiger charge is -2.17. The molecule has 1 aromatic rings. The van der Waals surface area contributed by atoms with Crippen LogP contribution in [-0.4, -0.2) is 31.3 Å². The first-order chi connectivity index (χ1) is 6.45. The number of hydrogen-bond acceptors (Lipinski definition) is 3. The fourth-order valence-electron chi connectivity index (χ4n) is 1.17. The predicted octanol–water partition coefficient (Wildman–Crippen LogP) is 0.225. The molecule has 2 N–H and O–H groups in total. The first-order valence-corrected chi connectivity index (χ1v) is 4.34. The molecule has 76 valence electrons. The number of benzene rings is 1. The van der Waals surface area contributed by atoms with Crippen LogP contribution in [0.5, 0.6) is 0 Å². The highest BCUT2D eigenvalue weighted by atomic mass is 35.5. The minimum absolute atomic E-state index is 0.150. The van der Waals surface area contributed by atoms with E-state index in [-0.39, 0.29) is 16.2 Å². The highest BCUT2D eigenvalue weighted by Gasteiger charge is 2.21. The first kappa shape index (κ1) is 11.3. The van der Waals surface area contributed by atoms with Crippen LogP contribution in [0.1, 0.15) is 0 Å². The molecule has 0 aromatic heterocycles. The molecule has 6 heteroatoms. The summed E-state index contributed by atoms with van der Waals surface area (Å²) in [7, 11) is 1.42. The van der Waals surface area contributed by atoms with E-state index in [0.717, 1.165) is 0 Å². The second-order valence-corrected chi connectivity index (χ2v) is 3.47. The largest absolute Gasteiger partial charge is 0.491 e.